The van der Waals surface area contributed by atoms with Gasteiger partial charge in [-0.05, 0) is 43.8 Å². The molecule has 1 atom stereocenters. The monoisotopic (exact) mass is 412 g/mol. The lowest BCUT2D eigenvalue weighted by Gasteiger charge is -2.31. The maximum Gasteiger partial charge on any atom is 0.338 e. The second kappa shape index (κ2) is 8.48. The Kier molecular flexibility index (Phi) is 6.62. The average molecular weight is 413 g/mol. The lowest BCUT2D eigenvalue weighted by atomic mass is 9.93. The van der Waals surface area contributed by atoms with Crippen LogP contribution in [0.4, 0.5) is 0 Å². The summed E-state index contributed by atoms with van der Waals surface area (Å²) in [4.78, 5) is 12.6. The molecule has 1 aliphatic rings. The third kappa shape index (κ3) is 4.08. The fraction of sp³-hybridized carbons (Fsp3) is 0.412. The first-order valence-corrected chi connectivity index (χ1v) is 9.03. The van der Waals surface area contributed by atoms with Crippen molar-refractivity contribution in [1.29, 1.82) is 0 Å². The standard InChI is InChI=1S/C17H21BrN2O3S/c1-4-6-12-14(16(21)23-5-2)15(20-17(24)19-12)11-9-10(18)7-8-13(11)22-3/h7-9,15H,4-6H2,1-3H3,(H2,19,20,24)/t15-/m0/s1. The summed E-state index contributed by atoms with van der Waals surface area (Å²) in [5.74, 6) is 0.327. The molecular formula is C17H21BrN2O3S. The highest BCUT2D eigenvalue weighted by atomic mass is 79.9. The van der Waals surface area contributed by atoms with Gasteiger partial charge in [0.05, 0.1) is 25.3 Å². The highest BCUT2D eigenvalue weighted by molar-refractivity contribution is 9.10. The molecule has 5 nitrogen and oxygen atoms in total. The Labute approximate surface area is 155 Å². The molecular weight excluding hydrogens is 392 g/mol. The molecule has 0 fully saturated rings. The maximum absolute atomic E-state index is 12.6. The van der Waals surface area contributed by atoms with Gasteiger partial charge in [0.2, 0.25) is 0 Å². The molecule has 0 saturated carbocycles. The summed E-state index contributed by atoms with van der Waals surface area (Å²) < 4.78 is 11.6. The first-order valence-electron chi connectivity index (χ1n) is 7.82. The second-order valence-electron chi connectivity index (χ2n) is 5.28. The minimum atomic E-state index is -0.424. The van der Waals surface area contributed by atoms with E-state index in [1.165, 1.54) is 0 Å². The third-order valence-electron chi connectivity index (χ3n) is 3.65. The lowest BCUT2D eigenvalue weighted by Crippen LogP contribution is -2.45. The van der Waals surface area contributed by atoms with Gasteiger partial charge < -0.3 is 20.1 Å². The van der Waals surface area contributed by atoms with Crippen LogP contribution in [0.3, 0.4) is 0 Å². The summed E-state index contributed by atoms with van der Waals surface area (Å²) in [5.41, 5.74) is 2.17. The van der Waals surface area contributed by atoms with Crippen molar-refractivity contribution < 1.29 is 14.3 Å². The van der Waals surface area contributed by atoms with E-state index in [4.69, 9.17) is 21.7 Å². The van der Waals surface area contributed by atoms with Crippen molar-refractivity contribution in [2.45, 2.75) is 32.7 Å². The molecule has 0 amide bonds. The van der Waals surface area contributed by atoms with Gasteiger partial charge in [-0.25, -0.2) is 4.79 Å². The van der Waals surface area contributed by atoms with Gasteiger partial charge in [-0.1, -0.05) is 29.3 Å². The number of methoxy groups -OCH3 is 1. The molecule has 0 saturated heterocycles. The Hall–Kier alpha value is -1.60. The zero-order valence-electron chi connectivity index (χ0n) is 13.9. The van der Waals surface area contributed by atoms with Crippen LogP contribution < -0.4 is 15.4 Å². The molecule has 0 aliphatic carbocycles. The van der Waals surface area contributed by atoms with Crippen LogP contribution in [0, 0.1) is 0 Å². The molecule has 0 radical (unpaired) electrons. The molecule has 2 rings (SSSR count). The number of allylic oxidation sites excluding steroid dienone is 1. The van der Waals surface area contributed by atoms with E-state index in [0.717, 1.165) is 22.2 Å². The number of esters is 1. The highest BCUT2D eigenvalue weighted by Crippen LogP contribution is 2.36. The molecule has 0 aromatic heterocycles. The Morgan fingerprint density at radius 2 is 2.12 bits per heavy atom. The van der Waals surface area contributed by atoms with E-state index in [-0.39, 0.29) is 5.97 Å². The molecule has 24 heavy (non-hydrogen) atoms. The number of halogens is 1. The largest absolute Gasteiger partial charge is 0.496 e. The van der Waals surface area contributed by atoms with Crippen molar-refractivity contribution in [3.63, 3.8) is 0 Å². The summed E-state index contributed by atoms with van der Waals surface area (Å²) in [7, 11) is 1.60. The SMILES string of the molecule is CCCC1=C(C(=O)OCC)[C@H](c2cc(Br)ccc2OC)NC(=S)N1. The van der Waals surface area contributed by atoms with Gasteiger partial charge >= 0.3 is 5.97 Å². The Morgan fingerprint density at radius 3 is 2.75 bits per heavy atom. The molecule has 7 heteroatoms. The average Bonchev–Trinajstić information content (AvgIpc) is 2.54. The highest BCUT2D eigenvalue weighted by Gasteiger charge is 2.33. The lowest BCUT2D eigenvalue weighted by molar-refractivity contribution is -0.139. The number of thiocarbonyl (C=S) groups is 1. The zero-order chi connectivity index (χ0) is 17.7. The van der Waals surface area contributed by atoms with E-state index >= 15 is 0 Å². The molecule has 1 aromatic carbocycles. The van der Waals surface area contributed by atoms with Gasteiger partial charge in [0.1, 0.15) is 5.75 Å². The molecule has 1 aromatic rings. The van der Waals surface area contributed by atoms with Crippen molar-refractivity contribution in [2.75, 3.05) is 13.7 Å². The number of carbonyl (C=O) groups excluding carboxylic acids is 1. The number of nitrogens with one attached hydrogen (secondary N) is 2. The zero-order valence-corrected chi connectivity index (χ0v) is 16.3. The molecule has 0 bridgehead atoms. The predicted octanol–water partition coefficient (Wildman–Crippen LogP) is 3.59. The molecule has 1 aliphatic heterocycles. The molecule has 0 spiro atoms. The van der Waals surface area contributed by atoms with Crippen LogP contribution in [-0.2, 0) is 9.53 Å². The summed E-state index contributed by atoms with van der Waals surface area (Å²) in [6.07, 6.45) is 1.60. The molecule has 1 heterocycles. The van der Waals surface area contributed by atoms with Crippen LogP contribution in [0.15, 0.2) is 33.9 Å². The van der Waals surface area contributed by atoms with E-state index < -0.39 is 6.04 Å². The van der Waals surface area contributed by atoms with Crippen LogP contribution in [0.1, 0.15) is 38.3 Å². The number of carbonyl (C=O) groups is 1. The fourth-order valence-electron chi connectivity index (χ4n) is 2.68. The summed E-state index contributed by atoms with van der Waals surface area (Å²) in [6, 6.07) is 5.25. The van der Waals surface area contributed by atoms with Gasteiger partial charge in [-0.2, -0.15) is 0 Å². The van der Waals surface area contributed by atoms with Gasteiger partial charge in [-0.15, -0.1) is 0 Å². The van der Waals surface area contributed by atoms with Gasteiger partial charge in [0, 0.05) is 15.7 Å². The third-order valence-corrected chi connectivity index (χ3v) is 4.36. The quantitative estimate of drug-likeness (QED) is 0.549. The summed E-state index contributed by atoms with van der Waals surface area (Å²) in [6.45, 7) is 4.16. The van der Waals surface area contributed by atoms with Crippen LogP contribution >= 0.6 is 28.1 Å². The molecule has 0 unspecified atom stereocenters. The van der Waals surface area contributed by atoms with Gasteiger partial charge in [-0.3, -0.25) is 0 Å². The topological polar surface area (TPSA) is 59.6 Å². The van der Waals surface area contributed by atoms with Crippen molar-refractivity contribution in [1.82, 2.24) is 10.6 Å². The fourth-order valence-corrected chi connectivity index (χ4v) is 3.30. The number of rotatable bonds is 6. The smallest absolute Gasteiger partial charge is 0.338 e. The van der Waals surface area contributed by atoms with E-state index in [1.807, 2.05) is 18.2 Å². The maximum atomic E-state index is 12.6. The van der Waals surface area contributed by atoms with E-state index in [9.17, 15) is 4.79 Å². The predicted molar refractivity (Wildman–Crippen MR) is 101 cm³/mol. The number of hydrogen-bond donors (Lipinski definition) is 2. The van der Waals surface area contributed by atoms with Crippen molar-refractivity contribution in [3.05, 3.63) is 39.5 Å². The second-order valence-corrected chi connectivity index (χ2v) is 6.60. The minimum Gasteiger partial charge on any atom is -0.496 e. The van der Waals surface area contributed by atoms with Crippen LogP contribution in [-0.4, -0.2) is 24.8 Å². The Morgan fingerprint density at radius 1 is 1.38 bits per heavy atom. The Balaban J connectivity index is 2.59. The van der Waals surface area contributed by atoms with Crippen molar-refractivity contribution in [2.24, 2.45) is 0 Å². The number of benzene rings is 1. The van der Waals surface area contributed by atoms with Gasteiger partial charge in [0.25, 0.3) is 0 Å². The first kappa shape index (κ1) is 18.7. The van der Waals surface area contributed by atoms with E-state index in [1.54, 1.807) is 14.0 Å². The van der Waals surface area contributed by atoms with Gasteiger partial charge in [0.15, 0.2) is 5.11 Å². The normalized spacial score (nSPS) is 17.2. The first-order chi connectivity index (χ1) is 11.5. The van der Waals surface area contributed by atoms with Crippen molar-refractivity contribution >= 4 is 39.2 Å². The van der Waals surface area contributed by atoms with E-state index in [0.29, 0.717) is 29.5 Å². The Bertz CT molecular complexity index is 676. The molecule has 2 N–H and O–H groups in total. The summed E-state index contributed by atoms with van der Waals surface area (Å²) >= 11 is 8.81. The number of ether oxygens (including phenoxy) is 2. The van der Waals surface area contributed by atoms with Crippen molar-refractivity contribution in [3.8, 4) is 5.75 Å². The summed E-state index contributed by atoms with van der Waals surface area (Å²) in [5, 5.41) is 6.76. The van der Waals surface area contributed by atoms with Crippen LogP contribution in [0.25, 0.3) is 0 Å². The molecule has 130 valence electrons. The number of hydrogen-bond acceptors (Lipinski definition) is 4. The van der Waals surface area contributed by atoms with Crippen LogP contribution in [0.5, 0.6) is 5.75 Å². The minimum absolute atomic E-state index is 0.314. The van der Waals surface area contributed by atoms with Crippen LogP contribution in [0.2, 0.25) is 0 Å². The van der Waals surface area contributed by atoms with E-state index in [2.05, 4.69) is 33.5 Å².